The molecule has 0 atom stereocenters. The molecule has 31 heavy (non-hydrogen) atoms. The van der Waals surface area contributed by atoms with Gasteiger partial charge in [0.2, 0.25) is 10.0 Å². The van der Waals surface area contributed by atoms with Crippen LogP contribution in [-0.4, -0.2) is 79.4 Å². The molecule has 1 saturated carbocycles. The van der Waals surface area contributed by atoms with Crippen LogP contribution in [0.2, 0.25) is 0 Å². The fraction of sp³-hybridized carbons (Fsp3) is 0.571. The van der Waals surface area contributed by atoms with Gasteiger partial charge in [0.15, 0.2) is 5.78 Å². The minimum atomic E-state index is -3.59. The second kappa shape index (κ2) is 8.23. The predicted octanol–water partition coefficient (Wildman–Crippen LogP) is 1.21. The molecule has 1 aromatic rings. The maximum absolute atomic E-state index is 12.8. The van der Waals surface area contributed by atoms with Gasteiger partial charge in [-0.2, -0.15) is 4.31 Å². The highest BCUT2D eigenvalue weighted by molar-refractivity contribution is 7.89. The van der Waals surface area contributed by atoms with Gasteiger partial charge in [-0.05, 0) is 44.0 Å². The molecule has 0 radical (unpaired) electrons. The van der Waals surface area contributed by atoms with E-state index in [0.29, 0.717) is 44.6 Å². The van der Waals surface area contributed by atoms with Gasteiger partial charge in [0.05, 0.1) is 5.75 Å². The quantitative estimate of drug-likeness (QED) is 0.518. The lowest BCUT2D eigenvalue weighted by Gasteiger charge is -2.35. The lowest BCUT2D eigenvalue weighted by Crippen LogP contribution is -2.50. The third-order valence-electron chi connectivity index (χ3n) is 6.55. The van der Waals surface area contributed by atoms with E-state index in [1.807, 2.05) is 12.1 Å². The van der Waals surface area contributed by atoms with Crippen molar-refractivity contribution in [3.63, 3.8) is 0 Å². The first kappa shape index (κ1) is 21.8. The molecule has 2 saturated heterocycles. The molecular weight excluding hydrogens is 420 g/mol. The Morgan fingerprint density at radius 1 is 1.03 bits per heavy atom. The first-order valence-corrected chi connectivity index (χ1v) is 12.3. The van der Waals surface area contributed by atoms with Crippen LogP contribution in [0.4, 0.5) is 10.5 Å². The number of nitrogens with zero attached hydrogens (tertiary/aromatic N) is 3. The van der Waals surface area contributed by atoms with E-state index in [1.165, 1.54) is 11.2 Å². The summed E-state index contributed by atoms with van der Waals surface area (Å²) in [6.45, 7) is 3.13. The van der Waals surface area contributed by atoms with E-state index < -0.39 is 21.6 Å². The van der Waals surface area contributed by atoms with Crippen LogP contribution in [0.25, 0.3) is 0 Å². The molecule has 1 aliphatic carbocycles. The van der Waals surface area contributed by atoms with Crippen LogP contribution in [0.15, 0.2) is 24.3 Å². The third-order valence-corrected chi connectivity index (χ3v) is 8.40. The number of rotatable bonds is 6. The molecule has 4 rings (SSSR count). The minimum Gasteiger partial charge on any atom is -0.369 e. The summed E-state index contributed by atoms with van der Waals surface area (Å²) >= 11 is 0. The number of carbonyl (C=O) groups excluding carboxylic acids is 3. The summed E-state index contributed by atoms with van der Waals surface area (Å²) in [5, 5.41) is 2.78. The Hall–Kier alpha value is -2.46. The summed E-state index contributed by atoms with van der Waals surface area (Å²) in [5.41, 5.74) is 0.776. The third kappa shape index (κ3) is 4.18. The Morgan fingerprint density at radius 2 is 1.65 bits per heavy atom. The molecular formula is C21H28N4O5S. The second-order valence-electron chi connectivity index (χ2n) is 8.48. The van der Waals surface area contributed by atoms with Gasteiger partial charge in [0.25, 0.3) is 5.91 Å². The van der Waals surface area contributed by atoms with Gasteiger partial charge in [-0.1, -0.05) is 12.8 Å². The number of hydrogen-bond acceptors (Lipinski definition) is 6. The Bertz CT molecular complexity index is 978. The highest BCUT2D eigenvalue weighted by Crippen LogP contribution is 2.35. The van der Waals surface area contributed by atoms with Crippen LogP contribution in [0.3, 0.4) is 0 Å². The number of imide groups is 1. The monoisotopic (exact) mass is 448 g/mol. The van der Waals surface area contributed by atoms with Crippen LogP contribution < -0.4 is 10.2 Å². The Morgan fingerprint density at radius 3 is 2.23 bits per heavy atom. The smallest absolute Gasteiger partial charge is 0.325 e. The SMILES string of the molecule is CC(=O)c1ccc(N2CCN(S(=O)(=O)CCN3C(=O)NC4(CCCC4)C3=O)CC2)cc1. The van der Waals surface area contributed by atoms with Crippen LogP contribution >= 0.6 is 0 Å². The van der Waals surface area contributed by atoms with E-state index in [2.05, 4.69) is 10.2 Å². The van der Waals surface area contributed by atoms with Crippen molar-refractivity contribution >= 4 is 33.4 Å². The number of hydrogen-bond donors (Lipinski definition) is 1. The van der Waals surface area contributed by atoms with Gasteiger partial charge in [-0.15, -0.1) is 0 Å². The zero-order chi connectivity index (χ0) is 22.2. The van der Waals surface area contributed by atoms with Crippen molar-refractivity contribution in [1.29, 1.82) is 0 Å². The van der Waals surface area contributed by atoms with Crippen LogP contribution in [0.5, 0.6) is 0 Å². The van der Waals surface area contributed by atoms with Crippen LogP contribution in [0, 0.1) is 0 Å². The van der Waals surface area contributed by atoms with E-state index in [-0.39, 0.29) is 24.0 Å². The van der Waals surface area contributed by atoms with Gasteiger partial charge in [0.1, 0.15) is 5.54 Å². The van der Waals surface area contributed by atoms with Crippen molar-refractivity contribution in [3.05, 3.63) is 29.8 Å². The molecule has 2 heterocycles. The highest BCUT2D eigenvalue weighted by Gasteiger charge is 2.52. The summed E-state index contributed by atoms with van der Waals surface area (Å²) in [4.78, 5) is 39.5. The van der Waals surface area contributed by atoms with E-state index in [9.17, 15) is 22.8 Å². The number of ketones is 1. The fourth-order valence-electron chi connectivity index (χ4n) is 4.66. The summed E-state index contributed by atoms with van der Waals surface area (Å²) in [6, 6.07) is 6.81. The van der Waals surface area contributed by atoms with Crippen LogP contribution in [-0.2, 0) is 14.8 Å². The van der Waals surface area contributed by atoms with E-state index in [4.69, 9.17) is 0 Å². The van der Waals surface area contributed by atoms with Gasteiger partial charge in [-0.3, -0.25) is 14.5 Å². The van der Waals surface area contributed by atoms with E-state index >= 15 is 0 Å². The Kier molecular flexibility index (Phi) is 5.78. The second-order valence-corrected chi connectivity index (χ2v) is 10.6. The van der Waals surface area contributed by atoms with Gasteiger partial charge >= 0.3 is 6.03 Å². The molecule has 1 spiro atoms. The standard InChI is InChI=1S/C21H28N4O5S/c1-16(26)17-4-6-18(7-5-17)23-10-12-24(13-11-23)31(29,30)15-14-25-19(27)21(22-20(25)28)8-2-3-9-21/h4-7H,2-3,8-15H2,1H3,(H,22,28). The largest absolute Gasteiger partial charge is 0.369 e. The fourth-order valence-corrected chi connectivity index (χ4v) is 6.06. The van der Waals surface area contributed by atoms with Crippen molar-refractivity contribution in [1.82, 2.24) is 14.5 Å². The summed E-state index contributed by atoms with van der Waals surface area (Å²) in [5.74, 6) is -0.550. The number of benzene rings is 1. The number of sulfonamides is 1. The van der Waals surface area contributed by atoms with Gasteiger partial charge < -0.3 is 10.2 Å². The molecule has 1 aromatic carbocycles. The normalized spacial score (nSPS) is 21.7. The zero-order valence-electron chi connectivity index (χ0n) is 17.7. The van der Waals surface area contributed by atoms with Gasteiger partial charge in [-0.25, -0.2) is 13.2 Å². The summed E-state index contributed by atoms with van der Waals surface area (Å²) in [7, 11) is -3.59. The van der Waals surface area contributed by atoms with Gasteiger partial charge in [0, 0.05) is 44.0 Å². The lowest BCUT2D eigenvalue weighted by molar-refractivity contribution is -0.130. The molecule has 0 aromatic heterocycles. The van der Waals surface area contributed by atoms with E-state index in [1.54, 1.807) is 12.1 Å². The first-order valence-electron chi connectivity index (χ1n) is 10.7. The average Bonchev–Trinajstić information content (AvgIpc) is 3.31. The lowest BCUT2D eigenvalue weighted by atomic mass is 9.98. The molecule has 3 fully saturated rings. The molecule has 1 N–H and O–H groups in total. The summed E-state index contributed by atoms with van der Waals surface area (Å²) < 4.78 is 27.1. The topological polar surface area (TPSA) is 107 Å². The van der Waals surface area contributed by atoms with E-state index in [0.717, 1.165) is 23.4 Å². The first-order chi connectivity index (χ1) is 14.7. The molecule has 0 bridgehead atoms. The molecule has 9 nitrogen and oxygen atoms in total. The van der Waals surface area contributed by atoms with Crippen molar-refractivity contribution in [2.45, 2.75) is 38.1 Å². The minimum absolute atomic E-state index is 0.00600. The molecule has 168 valence electrons. The number of amides is 3. The molecule has 0 unspecified atom stereocenters. The Labute approximate surface area is 182 Å². The van der Waals surface area contributed by atoms with Crippen molar-refractivity contribution in [2.75, 3.05) is 43.4 Å². The number of piperazine rings is 1. The zero-order valence-corrected chi connectivity index (χ0v) is 18.5. The number of Topliss-reactive ketones (excluding diaryl/α,β-unsaturated/α-hetero) is 1. The van der Waals surface area contributed by atoms with Crippen LogP contribution in [0.1, 0.15) is 43.0 Å². The summed E-state index contributed by atoms with van der Waals surface area (Å²) in [6.07, 6.45) is 3.02. The molecule has 3 amide bonds. The van der Waals surface area contributed by atoms with Crippen molar-refractivity contribution < 1.29 is 22.8 Å². The molecule has 10 heteroatoms. The Balaban J connectivity index is 1.32. The number of nitrogens with one attached hydrogen (secondary N) is 1. The number of anilines is 1. The molecule has 2 aliphatic heterocycles. The molecule has 3 aliphatic rings. The number of carbonyl (C=O) groups is 3. The van der Waals surface area contributed by atoms with Crippen molar-refractivity contribution in [2.24, 2.45) is 0 Å². The maximum atomic E-state index is 12.8. The van der Waals surface area contributed by atoms with Crippen molar-refractivity contribution in [3.8, 4) is 0 Å². The average molecular weight is 449 g/mol. The maximum Gasteiger partial charge on any atom is 0.325 e. The predicted molar refractivity (Wildman–Crippen MR) is 115 cm³/mol. The highest BCUT2D eigenvalue weighted by atomic mass is 32.2. The number of urea groups is 1.